The number of nitrogens with zero attached hydrogens (tertiary/aromatic N) is 3. The fraction of sp³-hybridized carbons (Fsp3) is 0.278. The van der Waals surface area contributed by atoms with E-state index in [1.807, 2.05) is 6.07 Å². The van der Waals surface area contributed by atoms with Crippen LogP contribution in [0.3, 0.4) is 0 Å². The quantitative estimate of drug-likeness (QED) is 0.782. The minimum Gasteiger partial charge on any atom is -0.375 e. The lowest BCUT2D eigenvalue weighted by molar-refractivity contribution is -0.122. The van der Waals surface area contributed by atoms with Crippen LogP contribution in [-0.2, 0) is 16.0 Å². The molecule has 0 spiro atoms. The van der Waals surface area contributed by atoms with Crippen LogP contribution >= 0.6 is 0 Å². The van der Waals surface area contributed by atoms with Gasteiger partial charge >= 0.3 is 0 Å². The van der Waals surface area contributed by atoms with Crippen LogP contribution in [0.15, 0.2) is 24.3 Å². The number of aromatic amines is 1. The van der Waals surface area contributed by atoms with Crippen molar-refractivity contribution in [3.05, 3.63) is 41.6 Å². The zero-order valence-electron chi connectivity index (χ0n) is 14.1. The SMILES string of the molecule is COCC(=O)N1CCCc2nc(-c3n[nH]c4cc(F)c(F)cc34)ccc21. The van der Waals surface area contributed by atoms with Gasteiger partial charge < -0.3 is 9.64 Å². The van der Waals surface area contributed by atoms with Crippen LogP contribution in [0.25, 0.3) is 22.3 Å². The summed E-state index contributed by atoms with van der Waals surface area (Å²) >= 11 is 0. The first-order chi connectivity index (χ1) is 12.6. The molecule has 2 aromatic heterocycles. The van der Waals surface area contributed by atoms with Crippen molar-refractivity contribution in [2.45, 2.75) is 12.8 Å². The number of rotatable bonds is 3. The zero-order chi connectivity index (χ0) is 18.3. The minimum atomic E-state index is -0.936. The number of hydrogen-bond donors (Lipinski definition) is 1. The Hall–Kier alpha value is -2.87. The molecular formula is C18H16F2N4O2. The summed E-state index contributed by atoms with van der Waals surface area (Å²) in [4.78, 5) is 18.5. The number of hydrogen-bond acceptors (Lipinski definition) is 4. The van der Waals surface area contributed by atoms with Crippen molar-refractivity contribution in [1.82, 2.24) is 15.2 Å². The van der Waals surface area contributed by atoms with Crippen molar-refractivity contribution < 1.29 is 18.3 Å². The second-order valence-electron chi connectivity index (χ2n) is 6.13. The van der Waals surface area contributed by atoms with Gasteiger partial charge in [-0.05, 0) is 31.0 Å². The number of halogens is 2. The van der Waals surface area contributed by atoms with Crippen molar-refractivity contribution >= 4 is 22.5 Å². The number of aromatic nitrogens is 3. The number of ether oxygens (including phenoxy) is 1. The summed E-state index contributed by atoms with van der Waals surface area (Å²) in [5.74, 6) is -1.99. The number of fused-ring (bicyclic) bond motifs is 2. The molecule has 1 amide bonds. The van der Waals surface area contributed by atoms with Gasteiger partial charge in [0.25, 0.3) is 5.91 Å². The average Bonchev–Trinajstić information content (AvgIpc) is 3.04. The number of anilines is 1. The molecule has 1 aliphatic heterocycles. The van der Waals surface area contributed by atoms with Crippen LogP contribution in [0.1, 0.15) is 12.1 Å². The van der Waals surface area contributed by atoms with Crippen LogP contribution in [0.4, 0.5) is 14.5 Å². The molecule has 1 aromatic carbocycles. The Balaban J connectivity index is 1.76. The van der Waals surface area contributed by atoms with E-state index in [-0.39, 0.29) is 12.5 Å². The smallest absolute Gasteiger partial charge is 0.253 e. The molecule has 0 saturated carbocycles. The Morgan fingerprint density at radius 1 is 1.31 bits per heavy atom. The predicted molar refractivity (Wildman–Crippen MR) is 91.8 cm³/mol. The van der Waals surface area contributed by atoms with Crippen LogP contribution in [0, 0.1) is 11.6 Å². The number of carbonyl (C=O) groups is 1. The molecule has 26 heavy (non-hydrogen) atoms. The average molecular weight is 358 g/mol. The lowest BCUT2D eigenvalue weighted by atomic mass is 10.1. The highest BCUT2D eigenvalue weighted by atomic mass is 19.2. The molecule has 0 bridgehead atoms. The van der Waals surface area contributed by atoms with E-state index in [1.54, 1.807) is 11.0 Å². The van der Waals surface area contributed by atoms with Crippen molar-refractivity contribution in [3.63, 3.8) is 0 Å². The molecule has 1 N–H and O–H groups in total. The van der Waals surface area contributed by atoms with Gasteiger partial charge in [0.1, 0.15) is 12.3 Å². The van der Waals surface area contributed by atoms with Gasteiger partial charge in [-0.1, -0.05) is 0 Å². The Kier molecular flexibility index (Phi) is 4.12. The molecular weight excluding hydrogens is 342 g/mol. The number of nitrogens with one attached hydrogen (secondary N) is 1. The molecule has 6 nitrogen and oxygen atoms in total. The van der Waals surface area contributed by atoms with Gasteiger partial charge in [-0.3, -0.25) is 9.89 Å². The topological polar surface area (TPSA) is 71.1 Å². The highest BCUT2D eigenvalue weighted by Crippen LogP contribution is 2.31. The van der Waals surface area contributed by atoms with E-state index < -0.39 is 11.6 Å². The van der Waals surface area contributed by atoms with Crippen molar-refractivity contribution in [3.8, 4) is 11.4 Å². The molecule has 0 radical (unpaired) electrons. The van der Waals surface area contributed by atoms with Crippen molar-refractivity contribution in [2.75, 3.05) is 25.2 Å². The van der Waals surface area contributed by atoms with E-state index >= 15 is 0 Å². The van der Waals surface area contributed by atoms with E-state index in [1.165, 1.54) is 7.11 Å². The largest absolute Gasteiger partial charge is 0.375 e. The first-order valence-electron chi connectivity index (χ1n) is 8.21. The molecule has 8 heteroatoms. The van der Waals surface area contributed by atoms with E-state index in [9.17, 15) is 13.6 Å². The second-order valence-corrected chi connectivity index (χ2v) is 6.13. The summed E-state index contributed by atoms with van der Waals surface area (Å²) in [6, 6.07) is 5.72. The molecule has 4 rings (SSSR count). The van der Waals surface area contributed by atoms with Gasteiger partial charge in [0.05, 0.1) is 22.6 Å². The van der Waals surface area contributed by atoms with E-state index in [0.717, 1.165) is 36.4 Å². The summed E-state index contributed by atoms with van der Waals surface area (Å²) in [5.41, 5.74) is 2.91. The first kappa shape index (κ1) is 16.6. The van der Waals surface area contributed by atoms with Gasteiger partial charge in [-0.25, -0.2) is 13.8 Å². The highest BCUT2D eigenvalue weighted by molar-refractivity contribution is 5.96. The maximum absolute atomic E-state index is 13.6. The number of amides is 1. The van der Waals surface area contributed by atoms with Gasteiger partial charge in [0, 0.05) is 25.1 Å². The van der Waals surface area contributed by atoms with E-state index in [4.69, 9.17) is 4.74 Å². The number of methoxy groups -OCH3 is 1. The molecule has 1 aliphatic rings. The third kappa shape index (κ3) is 2.72. The number of carbonyl (C=O) groups excluding carboxylic acids is 1. The maximum atomic E-state index is 13.6. The van der Waals surface area contributed by atoms with Crippen LogP contribution < -0.4 is 4.90 Å². The number of pyridine rings is 1. The Bertz CT molecular complexity index is 1000. The third-order valence-corrected chi connectivity index (χ3v) is 4.45. The Morgan fingerprint density at radius 3 is 2.92 bits per heavy atom. The molecule has 3 aromatic rings. The van der Waals surface area contributed by atoms with E-state index in [0.29, 0.717) is 28.8 Å². The molecule has 3 heterocycles. The monoisotopic (exact) mass is 358 g/mol. The lowest BCUT2D eigenvalue weighted by Gasteiger charge is -2.28. The summed E-state index contributed by atoms with van der Waals surface area (Å²) in [5, 5.41) is 7.32. The van der Waals surface area contributed by atoms with Crippen molar-refractivity contribution in [1.29, 1.82) is 0 Å². The zero-order valence-corrected chi connectivity index (χ0v) is 14.1. The first-order valence-corrected chi connectivity index (χ1v) is 8.21. The second kappa shape index (κ2) is 6.45. The normalized spacial score (nSPS) is 13.9. The Morgan fingerprint density at radius 2 is 2.12 bits per heavy atom. The standard InChI is InChI=1S/C18H16F2N4O2/c1-26-9-17(25)24-6-2-3-13-16(24)5-4-14(21-13)18-10-7-11(19)12(20)8-15(10)22-23-18/h4-5,7-8H,2-3,6,9H2,1H3,(H,22,23). The van der Waals surface area contributed by atoms with Crippen molar-refractivity contribution in [2.24, 2.45) is 0 Å². The number of H-pyrrole nitrogens is 1. The lowest BCUT2D eigenvalue weighted by Crippen LogP contribution is -2.38. The van der Waals surface area contributed by atoms with Crippen LogP contribution in [0.2, 0.25) is 0 Å². The molecule has 0 unspecified atom stereocenters. The van der Waals surface area contributed by atoms with Gasteiger partial charge in [-0.15, -0.1) is 0 Å². The Labute approximate surface area is 147 Å². The van der Waals surface area contributed by atoms with Crippen LogP contribution in [0.5, 0.6) is 0 Å². The summed E-state index contributed by atoms with van der Waals surface area (Å²) < 4.78 is 31.9. The number of benzene rings is 1. The number of aryl methyl sites for hydroxylation is 1. The summed E-state index contributed by atoms with van der Waals surface area (Å²) in [7, 11) is 1.48. The van der Waals surface area contributed by atoms with Gasteiger partial charge in [-0.2, -0.15) is 5.10 Å². The predicted octanol–water partition coefficient (Wildman–Crippen LogP) is 2.83. The maximum Gasteiger partial charge on any atom is 0.253 e. The fourth-order valence-corrected chi connectivity index (χ4v) is 3.25. The minimum absolute atomic E-state index is 0.00996. The fourth-order valence-electron chi connectivity index (χ4n) is 3.25. The highest BCUT2D eigenvalue weighted by Gasteiger charge is 2.24. The van der Waals surface area contributed by atoms with Gasteiger partial charge in [0.15, 0.2) is 11.6 Å². The molecule has 0 atom stereocenters. The summed E-state index contributed by atoms with van der Waals surface area (Å²) in [6.07, 6.45) is 1.52. The van der Waals surface area contributed by atoms with Gasteiger partial charge in [0.2, 0.25) is 0 Å². The molecule has 0 aliphatic carbocycles. The van der Waals surface area contributed by atoms with E-state index in [2.05, 4.69) is 15.2 Å². The summed E-state index contributed by atoms with van der Waals surface area (Å²) in [6.45, 7) is 0.627. The van der Waals surface area contributed by atoms with Crippen LogP contribution in [-0.4, -0.2) is 41.3 Å². The molecule has 0 fully saturated rings. The molecule has 134 valence electrons. The third-order valence-electron chi connectivity index (χ3n) is 4.45. The molecule has 0 saturated heterocycles.